The fraction of sp³-hybridized carbons (Fsp3) is 0.308. The molecule has 0 aromatic heterocycles. The van der Waals surface area contributed by atoms with Crippen molar-refractivity contribution in [2.45, 2.75) is 13.3 Å². The molecule has 0 aliphatic rings. The minimum atomic E-state index is -0.531. The van der Waals surface area contributed by atoms with Crippen LogP contribution in [0.15, 0.2) is 18.2 Å². The number of ether oxygens (including phenoxy) is 1. The van der Waals surface area contributed by atoms with E-state index >= 15 is 0 Å². The quantitative estimate of drug-likeness (QED) is 0.809. The molecule has 0 aliphatic carbocycles. The van der Waals surface area contributed by atoms with Gasteiger partial charge in [0.1, 0.15) is 0 Å². The maximum atomic E-state index is 11.6. The van der Waals surface area contributed by atoms with Crippen LogP contribution in [0.25, 0.3) is 0 Å². The summed E-state index contributed by atoms with van der Waals surface area (Å²) in [6.45, 7) is 1.52. The fourth-order valence-electron chi connectivity index (χ4n) is 1.36. The zero-order chi connectivity index (χ0) is 15.1. The first-order chi connectivity index (χ1) is 9.47. The third-order valence-corrected chi connectivity index (χ3v) is 2.76. The summed E-state index contributed by atoms with van der Waals surface area (Å²) in [6.07, 6.45) is 0.297. The number of amides is 2. The smallest absolute Gasteiger partial charge is 0.337 e. The Morgan fingerprint density at radius 3 is 2.55 bits per heavy atom. The Hall–Kier alpha value is -2.08. The molecule has 1 aromatic carbocycles. The van der Waals surface area contributed by atoms with Gasteiger partial charge in [-0.15, -0.1) is 0 Å². The van der Waals surface area contributed by atoms with Crippen molar-refractivity contribution in [2.24, 2.45) is 0 Å². The van der Waals surface area contributed by atoms with E-state index in [1.54, 1.807) is 6.92 Å². The zero-order valence-corrected chi connectivity index (χ0v) is 11.9. The SMILES string of the molecule is CCC(=O)NCC(=O)Nc1cc(C(=O)OC)ccc1Cl. The molecule has 7 heteroatoms. The molecule has 0 bridgehead atoms. The lowest BCUT2D eigenvalue weighted by atomic mass is 10.2. The maximum absolute atomic E-state index is 11.6. The van der Waals surface area contributed by atoms with Gasteiger partial charge in [0.25, 0.3) is 0 Å². The van der Waals surface area contributed by atoms with Gasteiger partial charge >= 0.3 is 5.97 Å². The molecule has 0 atom stereocenters. The fourth-order valence-corrected chi connectivity index (χ4v) is 1.53. The van der Waals surface area contributed by atoms with Gasteiger partial charge in [0.05, 0.1) is 29.9 Å². The first-order valence-corrected chi connectivity index (χ1v) is 6.30. The van der Waals surface area contributed by atoms with Crippen LogP contribution >= 0.6 is 11.6 Å². The van der Waals surface area contributed by atoms with Crippen molar-refractivity contribution in [1.29, 1.82) is 0 Å². The van der Waals surface area contributed by atoms with Gasteiger partial charge < -0.3 is 15.4 Å². The Bertz CT molecular complexity index is 531. The standard InChI is InChI=1S/C13H15ClN2O4/c1-3-11(17)15-7-12(18)16-10-6-8(13(19)20-2)4-5-9(10)14/h4-6H,3,7H2,1-2H3,(H,15,17)(H,16,18). The molecule has 20 heavy (non-hydrogen) atoms. The van der Waals surface area contributed by atoms with Gasteiger partial charge in [-0.05, 0) is 18.2 Å². The van der Waals surface area contributed by atoms with Crippen LogP contribution < -0.4 is 10.6 Å². The number of carbonyl (C=O) groups is 3. The molecule has 108 valence electrons. The Morgan fingerprint density at radius 2 is 1.95 bits per heavy atom. The van der Waals surface area contributed by atoms with Crippen LogP contribution in [0.4, 0.5) is 5.69 Å². The van der Waals surface area contributed by atoms with E-state index in [2.05, 4.69) is 15.4 Å². The molecule has 0 heterocycles. The summed E-state index contributed by atoms with van der Waals surface area (Å²) in [5.74, 6) is -1.19. The van der Waals surface area contributed by atoms with Gasteiger partial charge in [0, 0.05) is 6.42 Å². The normalized spacial score (nSPS) is 9.75. The molecule has 1 aromatic rings. The number of benzene rings is 1. The van der Waals surface area contributed by atoms with Crippen LogP contribution in [-0.4, -0.2) is 31.4 Å². The number of nitrogens with one attached hydrogen (secondary N) is 2. The summed E-state index contributed by atoms with van der Waals surface area (Å²) in [4.78, 5) is 34.1. The second-order valence-electron chi connectivity index (χ2n) is 3.86. The number of esters is 1. The highest BCUT2D eigenvalue weighted by Gasteiger charge is 2.11. The number of hydrogen-bond donors (Lipinski definition) is 2. The average Bonchev–Trinajstić information content (AvgIpc) is 2.46. The largest absolute Gasteiger partial charge is 0.465 e. The van der Waals surface area contributed by atoms with Gasteiger partial charge in [0.2, 0.25) is 11.8 Å². The molecule has 6 nitrogen and oxygen atoms in total. The highest BCUT2D eigenvalue weighted by atomic mass is 35.5. The second-order valence-corrected chi connectivity index (χ2v) is 4.27. The molecule has 2 amide bonds. The predicted molar refractivity (Wildman–Crippen MR) is 74.7 cm³/mol. The highest BCUT2D eigenvalue weighted by molar-refractivity contribution is 6.33. The molecular formula is C13H15ClN2O4. The molecule has 2 N–H and O–H groups in total. The topological polar surface area (TPSA) is 84.5 Å². The number of anilines is 1. The molecule has 0 unspecified atom stereocenters. The van der Waals surface area contributed by atoms with Crippen LogP contribution in [-0.2, 0) is 14.3 Å². The van der Waals surface area contributed by atoms with Crippen molar-refractivity contribution in [2.75, 3.05) is 19.0 Å². The molecule has 0 saturated carbocycles. The zero-order valence-electron chi connectivity index (χ0n) is 11.2. The van der Waals surface area contributed by atoms with Crippen molar-refractivity contribution in [3.05, 3.63) is 28.8 Å². The van der Waals surface area contributed by atoms with E-state index in [1.807, 2.05) is 0 Å². The van der Waals surface area contributed by atoms with E-state index in [1.165, 1.54) is 25.3 Å². The van der Waals surface area contributed by atoms with Gasteiger partial charge in [-0.1, -0.05) is 18.5 Å². The van der Waals surface area contributed by atoms with E-state index in [0.717, 1.165) is 0 Å². The lowest BCUT2D eigenvalue weighted by Gasteiger charge is -2.09. The monoisotopic (exact) mass is 298 g/mol. The van der Waals surface area contributed by atoms with Gasteiger partial charge in [-0.3, -0.25) is 9.59 Å². The van der Waals surface area contributed by atoms with E-state index in [0.29, 0.717) is 6.42 Å². The van der Waals surface area contributed by atoms with Crippen molar-refractivity contribution in [3.63, 3.8) is 0 Å². The summed E-state index contributed by atoms with van der Waals surface area (Å²) >= 11 is 5.92. The minimum Gasteiger partial charge on any atom is -0.465 e. The van der Waals surface area contributed by atoms with E-state index < -0.39 is 11.9 Å². The number of methoxy groups -OCH3 is 1. The minimum absolute atomic E-state index is 0.161. The van der Waals surface area contributed by atoms with Crippen LogP contribution in [0, 0.1) is 0 Å². The first-order valence-electron chi connectivity index (χ1n) is 5.92. The lowest BCUT2D eigenvalue weighted by Crippen LogP contribution is -2.32. The van der Waals surface area contributed by atoms with Gasteiger partial charge in [-0.2, -0.15) is 0 Å². The van der Waals surface area contributed by atoms with Crippen molar-refractivity contribution in [1.82, 2.24) is 5.32 Å². The van der Waals surface area contributed by atoms with Gasteiger partial charge in [-0.25, -0.2) is 4.79 Å². The molecule has 0 aliphatic heterocycles. The van der Waals surface area contributed by atoms with E-state index in [9.17, 15) is 14.4 Å². The average molecular weight is 299 g/mol. The number of carbonyl (C=O) groups excluding carboxylic acids is 3. The number of rotatable bonds is 5. The molecule has 1 rings (SSSR count). The highest BCUT2D eigenvalue weighted by Crippen LogP contribution is 2.23. The summed E-state index contributed by atoms with van der Waals surface area (Å²) in [6, 6.07) is 4.38. The molecular weight excluding hydrogens is 284 g/mol. The molecule has 0 fully saturated rings. The Balaban J connectivity index is 2.73. The lowest BCUT2D eigenvalue weighted by molar-refractivity contribution is -0.123. The number of halogens is 1. The van der Waals surface area contributed by atoms with Crippen LogP contribution in [0.5, 0.6) is 0 Å². The van der Waals surface area contributed by atoms with Crippen LogP contribution in [0.1, 0.15) is 23.7 Å². The Labute approximate surface area is 121 Å². The van der Waals surface area contributed by atoms with Crippen LogP contribution in [0.3, 0.4) is 0 Å². The third-order valence-electron chi connectivity index (χ3n) is 2.43. The first kappa shape index (κ1) is 16.0. The number of hydrogen-bond acceptors (Lipinski definition) is 4. The van der Waals surface area contributed by atoms with Crippen LogP contribution in [0.2, 0.25) is 5.02 Å². The summed E-state index contributed by atoms with van der Waals surface area (Å²) in [7, 11) is 1.26. The van der Waals surface area contributed by atoms with Crippen molar-refractivity contribution < 1.29 is 19.1 Å². The molecule has 0 radical (unpaired) electrons. The van der Waals surface area contributed by atoms with E-state index in [-0.39, 0.29) is 28.7 Å². The Kier molecular flexibility index (Phi) is 5.99. The Morgan fingerprint density at radius 1 is 1.25 bits per heavy atom. The maximum Gasteiger partial charge on any atom is 0.337 e. The van der Waals surface area contributed by atoms with Gasteiger partial charge in [0.15, 0.2) is 0 Å². The van der Waals surface area contributed by atoms with Crippen molar-refractivity contribution >= 4 is 35.1 Å². The molecule has 0 saturated heterocycles. The molecule has 0 spiro atoms. The summed E-state index contributed by atoms with van der Waals surface area (Å²) in [5.41, 5.74) is 0.551. The summed E-state index contributed by atoms with van der Waals surface area (Å²) < 4.78 is 4.58. The second kappa shape index (κ2) is 7.49. The van der Waals surface area contributed by atoms with E-state index in [4.69, 9.17) is 11.6 Å². The van der Waals surface area contributed by atoms with Crippen molar-refractivity contribution in [3.8, 4) is 0 Å². The predicted octanol–water partition coefficient (Wildman–Crippen LogP) is 1.59. The summed E-state index contributed by atoms with van der Waals surface area (Å²) in [5, 5.41) is 5.24. The third kappa shape index (κ3) is 4.55.